The zero-order chi connectivity index (χ0) is 37.5. The molecule has 6 heteroatoms. The lowest BCUT2D eigenvalue weighted by atomic mass is 10.0. The molecule has 0 bridgehead atoms. The molecule has 0 aliphatic rings. The summed E-state index contributed by atoms with van der Waals surface area (Å²) in [6.45, 7) is 0. The van der Waals surface area contributed by atoms with Crippen LogP contribution in [-0.4, -0.2) is 19.5 Å². The summed E-state index contributed by atoms with van der Waals surface area (Å²) in [4.78, 5) is 15.1. The van der Waals surface area contributed by atoms with Gasteiger partial charge >= 0.3 is 0 Å². The highest BCUT2D eigenvalue weighted by atomic mass is 32.1. The van der Waals surface area contributed by atoms with Crippen molar-refractivity contribution < 1.29 is 0 Å². The highest BCUT2D eigenvalue weighted by Crippen LogP contribution is 2.44. The number of benzene rings is 8. The number of para-hydroxylation sites is 1. The third-order valence-corrected chi connectivity index (χ3v) is 13.4. The van der Waals surface area contributed by atoms with E-state index in [1.54, 1.807) is 11.3 Å². The lowest BCUT2D eigenvalue weighted by Gasteiger charge is -2.09. The normalized spacial score (nSPS) is 11.9. The van der Waals surface area contributed by atoms with Crippen molar-refractivity contribution in [2.24, 2.45) is 0 Å². The van der Waals surface area contributed by atoms with Gasteiger partial charge in [-0.2, -0.15) is 0 Å². The zero-order valence-corrected chi connectivity index (χ0v) is 32.1. The third-order valence-electron chi connectivity index (χ3n) is 11.1. The molecule has 4 heterocycles. The number of aromatic nitrogens is 4. The Morgan fingerprint density at radius 2 is 0.930 bits per heavy atom. The lowest BCUT2D eigenvalue weighted by Crippen LogP contribution is -2.00. The van der Waals surface area contributed by atoms with Crippen LogP contribution in [0.2, 0.25) is 0 Å². The van der Waals surface area contributed by atoms with E-state index in [9.17, 15) is 0 Å². The molecule has 0 aliphatic carbocycles. The van der Waals surface area contributed by atoms with Crippen LogP contribution in [0, 0.1) is 0 Å². The standard InChI is InChI=1S/C51H30N4S2/c1-4-13-31(14-5-1)49-52-50(32-15-6-2-7-16-32)54-51(53-49)39-21-12-20-38-37-25-23-34(28-46(37)57-48(38)39)33-24-26-43-40(27-33)41-29-42-36-19-10-11-22-45(36)56-47(42)30-44(41)55(43)35-17-8-3-9-18-35/h1-30H. The van der Waals surface area contributed by atoms with Gasteiger partial charge < -0.3 is 4.57 Å². The summed E-state index contributed by atoms with van der Waals surface area (Å²) in [6.07, 6.45) is 0. The second kappa shape index (κ2) is 12.8. The van der Waals surface area contributed by atoms with Gasteiger partial charge in [0.15, 0.2) is 17.5 Å². The smallest absolute Gasteiger partial charge is 0.165 e. The van der Waals surface area contributed by atoms with Crippen molar-refractivity contribution in [3.8, 4) is 51.0 Å². The first-order valence-electron chi connectivity index (χ1n) is 19.0. The van der Waals surface area contributed by atoms with E-state index in [0.29, 0.717) is 17.5 Å². The van der Waals surface area contributed by atoms with Crippen LogP contribution in [0.4, 0.5) is 0 Å². The first-order valence-corrected chi connectivity index (χ1v) is 20.6. The van der Waals surface area contributed by atoms with Crippen LogP contribution in [0.1, 0.15) is 0 Å². The molecule has 12 rings (SSSR count). The van der Waals surface area contributed by atoms with E-state index < -0.39 is 0 Å². The van der Waals surface area contributed by atoms with Gasteiger partial charge in [-0.3, -0.25) is 0 Å². The molecule has 0 radical (unpaired) electrons. The lowest BCUT2D eigenvalue weighted by molar-refractivity contribution is 1.08. The van der Waals surface area contributed by atoms with Gasteiger partial charge in [0.25, 0.3) is 0 Å². The number of hydrogen-bond acceptors (Lipinski definition) is 5. The fourth-order valence-electron chi connectivity index (χ4n) is 8.36. The summed E-state index contributed by atoms with van der Waals surface area (Å²) in [7, 11) is 0. The average Bonchev–Trinajstić information content (AvgIpc) is 3.94. The topological polar surface area (TPSA) is 43.6 Å². The molecule has 0 spiro atoms. The summed E-state index contributed by atoms with van der Waals surface area (Å²) in [5.74, 6) is 2.00. The summed E-state index contributed by atoms with van der Waals surface area (Å²) in [5.41, 5.74) is 8.92. The van der Waals surface area contributed by atoms with E-state index in [1.165, 1.54) is 73.3 Å². The SMILES string of the molecule is c1ccc(-c2nc(-c3ccccc3)nc(-c3cccc4c3sc3cc(-c5ccc6c(c5)c5cc7c(cc5n6-c5ccccc5)sc5ccccc57)ccc34)n2)cc1. The fraction of sp³-hybridized carbons (Fsp3) is 0. The summed E-state index contributed by atoms with van der Waals surface area (Å²) < 4.78 is 7.45. The minimum atomic E-state index is 0.664. The van der Waals surface area contributed by atoms with Crippen LogP contribution in [0.5, 0.6) is 0 Å². The molecule has 0 amide bonds. The minimum absolute atomic E-state index is 0.664. The molecule has 266 valence electrons. The molecular formula is C51H30N4S2. The highest BCUT2D eigenvalue weighted by molar-refractivity contribution is 7.26. The molecule has 4 aromatic heterocycles. The Hall–Kier alpha value is -6.99. The van der Waals surface area contributed by atoms with Crippen molar-refractivity contribution in [1.29, 1.82) is 0 Å². The fourth-order valence-corrected chi connectivity index (χ4v) is 10.7. The van der Waals surface area contributed by atoms with E-state index >= 15 is 0 Å². The van der Waals surface area contributed by atoms with E-state index in [4.69, 9.17) is 15.0 Å². The van der Waals surface area contributed by atoms with Crippen molar-refractivity contribution in [2.45, 2.75) is 0 Å². The van der Waals surface area contributed by atoms with Crippen molar-refractivity contribution in [2.75, 3.05) is 0 Å². The van der Waals surface area contributed by atoms with Crippen molar-refractivity contribution >= 4 is 84.8 Å². The van der Waals surface area contributed by atoms with E-state index in [1.807, 2.05) is 47.7 Å². The van der Waals surface area contributed by atoms with Crippen molar-refractivity contribution in [1.82, 2.24) is 19.5 Å². The van der Waals surface area contributed by atoms with Crippen LogP contribution >= 0.6 is 22.7 Å². The van der Waals surface area contributed by atoms with Crippen LogP contribution in [0.25, 0.3) is 113 Å². The summed E-state index contributed by atoms with van der Waals surface area (Å²) >= 11 is 3.67. The van der Waals surface area contributed by atoms with Gasteiger partial charge in [-0.25, -0.2) is 15.0 Å². The Morgan fingerprint density at radius 1 is 0.333 bits per heavy atom. The van der Waals surface area contributed by atoms with Crippen LogP contribution in [0.15, 0.2) is 182 Å². The Balaban J connectivity index is 1.03. The molecular weight excluding hydrogens is 733 g/mol. The number of fused-ring (bicyclic) bond motifs is 9. The predicted molar refractivity (Wildman–Crippen MR) is 242 cm³/mol. The van der Waals surface area contributed by atoms with Gasteiger partial charge in [0, 0.05) is 73.5 Å². The second-order valence-electron chi connectivity index (χ2n) is 14.4. The Kier molecular flexibility index (Phi) is 7.24. The summed E-state index contributed by atoms with van der Waals surface area (Å²) in [5, 5.41) is 7.58. The molecule has 0 aliphatic heterocycles. The van der Waals surface area contributed by atoms with E-state index in [2.05, 4.69) is 150 Å². The maximum Gasteiger partial charge on any atom is 0.165 e. The van der Waals surface area contributed by atoms with Crippen molar-refractivity contribution in [3.63, 3.8) is 0 Å². The molecule has 8 aromatic carbocycles. The number of hydrogen-bond donors (Lipinski definition) is 0. The molecule has 0 saturated carbocycles. The molecule has 0 saturated heterocycles. The maximum atomic E-state index is 5.08. The molecule has 57 heavy (non-hydrogen) atoms. The first kappa shape index (κ1) is 32.3. The molecule has 0 unspecified atom stereocenters. The summed E-state index contributed by atoms with van der Waals surface area (Å²) in [6, 6.07) is 65.0. The molecule has 4 nitrogen and oxygen atoms in total. The third kappa shape index (κ3) is 5.22. The van der Waals surface area contributed by atoms with Crippen LogP contribution in [0.3, 0.4) is 0 Å². The number of nitrogens with zero attached hydrogens (tertiary/aromatic N) is 4. The van der Waals surface area contributed by atoms with Gasteiger partial charge in [-0.15, -0.1) is 22.7 Å². The molecule has 0 atom stereocenters. The Bertz CT molecular complexity index is 3450. The Labute approximate surface area is 335 Å². The number of rotatable bonds is 5. The van der Waals surface area contributed by atoms with Crippen LogP contribution in [-0.2, 0) is 0 Å². The van der Waals surface area contributed by atoms with Gasteiger partial charge in [-0.05, 0) is 65.7 Å². The zero-order valence-electron chi connectivity index (χ0n) is 30.4. The maximum absolute atomic E-state index is 5.08. The minimum Gasteiger partial charge on any atom is -0.309 e. The van der Waals surface area contributed by atoms with Gasteiger partial charge in [0.1, 0.15) is 0 Å². The quantitative estimate of drug-likeness (QED) is 0.175. The molecule has 0 N–H and O–H groups in total. The van der Waals surface area contributed by atoms with Crippen molar-refractivity contribution in [3.05, 3.63) is 182 Å². The molecule has 0 fully saturated rings. The van der Waals surface area contributed by atoms with E-state index in [-0.39, 0.29) is 0 Å². The highest BCUT2D eigenvalue weighted by Gasteiger charge is 2.19. The van der Waals surface area contributed by atoms with Gasteiger partial charge in [0.2, 0.25) is 0 Å². The Morgan fingerprint density at radius 3 is 1.70 bits per heavy atom. The molecule has 12 aromatic rings. The van der Waals surface area contributed by atoms with Gasteiger partial charge in [0.05, 0.1) is 11.0 Å². The largest absolute Gasteiger partial charge is 0.309 e. The average molecular weight is 763 g/mol. The van der Waals surface area contributed by atoms with E-state index in [0.717, 1.165) is 22.4 Å². The van der Waals surface area contributed by atoms with Gasteiger partial charge in [-0.1, -0.05) is 127 Å². The monoisotopic (exact) mass is 762 g/mol. The predicted octanol–water partition coefficient (Wildman–Crippen LogP) is 14.4. The van der Waals surface area contributed by atoms with Crippen LogP contribution < -0.4 is 0 Å². The second-order valence-corrected chi connectivity index (χ2v) is 16.5. The number of thiophene rings is 2. The first-order chi connectivity index (χ1) is 28.2.